The zero-order valence-corrected chi connectivity index (χ0v) is 17.8. The fourth-order valence-electron chi connectivity index (χ4n) is 3.77. The first-order valence-corrected chi connectivity index (χ1v) is 11.5. The second kappa shape index (κ2) is 16.5. The Kier molecular flexibility index (Phi) is 15.2. The Morgan fingerprint density at radius 2 is 1.14 bits per heavy atom. The number of unbranched alkanes of at least 4 members (excludes halogenated alkanes) is 13. The molecule has 1 aliphatic heterocycles. The van der Waals surface area contributed by atoms with Crippen molar-refractivity contribution in [2.24, 2.45) is 0 Å². The van der Waals surface area contributed by atoms with E-state index < -0.39 is 37.3 Å². The van der Waals surface area contributed by atoms with Gasteiger partial charge in [0.25, 0.3) is 0 Å². The van der Waals surface area contributed by atoms with Crippen LogP contribution in [0.4, 0.5) is 0 Å². The van der Waals surface area contributed by atoms with Gasteiger partial charge in [-0.2, -0.15) is 0 Å². The number of hydrogen-bond donors (Lipinski definition) is 4. The molecule has 1 saturated heterocycles. The van der Waals surface area contributed by atoms with Crippen molar-refractivity contribution in [1.82, 2.24) is 0 Å². The average Bonchev–Trinajstić information content (AvgIpc) is 2.69. The van der Waals surface area contributed by atoms with Crippen molar-refractivity contribution in [3.63, 3.8) is 0 Å². The van der Waals surface area contributed by atoms with Gasteiger partial charge in [0.15, 0.2) is 6.29 Å². The monoisotopic (exact) mass is 404 g/mol. The van der Waals surface area contributed by atoms with Crippen LogP contribution in [0.25, 0.3) is 0 Å². The van der Waals surface area contributed by atoms with E-state index in [4.69, 9.17) is 14.6 Å². The summed E-state index contributed by atoms with van der Waals surface area (Å²) in [6, 6.07) is 0. The number of hydrogen-bond acceptors (Lipinski definition) is 6. The van der Waals surface area contributed by atoms with Crippen LogP contribution in [0, 0.1) is 0 Å². The molecule has 0 aromatic rings. The summed E-state index contributed by atoms with van der Waals surface area (Å²) < 4.78 is 10.6. The Morgan fingerprint density at radius 3 is 1.61 bits per heavy atom. The van der Waals surface area contributed by atoms with E-state index in [1.54, 1.807) is 0 Å². The van der Waals surface area contributed by atoms with E-state index in [1.807, 2.05) is 0 Å². The van der Waals surface area contributed by atoms with E-state index in [0.717, 1.165) is 12.8 Å². The molecule has 1 heterocycles. The zero-order chi connectivity index (χ0) is 20.6. The van der Waals surface area contributed by atoms with Crippen molar-refractivity contribution >= 4 is 0 Å². The molecule has 5 atom stereocenters. The van der Waals surface area contributed by atoms with E-state index in [0.29, 0.717) is 6.61 Å². The van der Waals surface area contributed by atoms with Gasteiger partial charge in [-0.05, 0) is 6.42 Å². The van der Waals surface area contributed by atoms with Crippen molar-refractivity contribution < 1.29 is 29.9 Å². The lowest BCUT2D eigenvalue weighted by atomic mass is 9.99. The van der Waals surface area contributed by atoms with Crippen LogP contribution in [0.3, 0.4) is 0 Å². The van der Waals surface area contributed by atoms with Gasteiger partial charge in [0, 0.05) is 6.61 Å². The summed E-state index contributed by atoms with van der Waals surface area (Å²) in [5.41, 5.74) is 0. The van der Waals surface area contributed by atoms with Crippen molar-refractivity contribution in [3.8, 4) is 0 Å². The molecular weight excluding hydrogens is 360 g/mol. The molecule has 0 aromatic carbocycles. The van der Waals surface area contributed by atoms with Gasteiger partial charge in [-0.15, -0.1) is 0 Å². The maximum atomic E-state index is 10.00. The predicted molar refractivity (Wildman–Crippen MR) is 110 cm³/mol. The van der Waals surface area contributed by atoms with Gasteiger partial charge in [-0.25, -0.2) is 0 Å². The molecule has 0 radical (unpaired) electrons. The van der Waals surface area contributed by atoms with Crippen LogP contribution in [-0.4, -0.2) is 64.3 Å². The molecule has 0 saturated carbocycles. The molecule has 0 spiro atoms. The maximum absolute atomic E-state index is 10.00. The molecule has 0 unspecified atom stereocenters. The van der Waals surface area contributed by atoms with Gasteiger partial charge in [-0.1, -0.05) is 90.4 Å². The highest BCUT2D eigenvalue weighted by Gasteiger charge is 2.44. The third-order valence-electron chi connectivity index (χ3n) is 5.65. The molecular formula is C22H44O6. The molecule has 1 rings (SSSR count). The number of aliphatic hydroxyl groups is 4. The molecule has 0 amide bonds. The molecule has 1 fully saturated rings. The Morgan fingerprint density at radius 1 is 0.679 bits per heavy atom. The third kappa shape index (κ3) is 10.5. The van der Waals surface area contributed by atoms with E-state index >= 15 is 0 Å². The first-order chi connectivity index (χ1) is 13.6. The number of rotatable bonds is 17. The highest BCUT2D eigenvalue weighted by atomic mass is 16.7. The molecule has 0 bridgehead atoms. The second-order valence-electron chi connectivity index (χ2n) is 8.16. The first-order valence-electron chi connectivity index (χ1n) is 11.5. The molecule has 28 heavy (non-hydrogen) atoms. The van der Waals surface area contributed by atoms with Gasteiger partial charge < -0.3 is 29.9 Å². The first kappa shape index (κ1) is 25.8. The standard InChI is InChI=1S/C22H44O6/c1-2-3-4-5-6-7-8-9-10-11-12-13-14-15-16-27-21-20(25)19(24)18(17-23)28-22(21)26/h18-26H,2-17H2,1H3/t18-,19+,20+,21-,22+/m1/s1. The molecule has 6 heteroatoms. The van der Waals surface area contributed by atoms with Crippen molar-refractivity contribution in [3.05, 3.63) is 0 Å². The Bertz CT molecular complexity index is 354. The summed E-state index contributed by atoms with van der Waals surface area (Å²) in [5.74, 6) is 0. The van der Waals surface area contributed by atoms with Crippen molar-refractivity contribution in [1.29, 1.82) is 0 Å². The van der Waals surface area contributed by atoms with Gasteiger partial charge in [0.05, 0.1) is 6.61 Å². The maximum Gasteiger partial charge on any atom is 0.184 e. The van der Waals surface area contributed by atoms with Crippen LogP contribution >= 0.6 is 0 Å². The minimum absolute atomic E-state index is 0.413. The highest BCUT2D eigenvalue weighted by Crippen LogP contribution is 2.22. The Hall–Kier alpha value is -0.240. The second-order valence-corrected chi connectivity index (χ2v) is 8.16. The molecule has 6 nitrogen and oxygen atoms in total. The van der Waals surface area contributed by atoms with Crippen LogP contribution in [0.5, 0.6) is 0 Å². The minimum atomic E-state index is -1.33. The predicted octanol–water partition coefficient (Wildman–Crippen LogP) is 3.28. The van der Waals surface area contributed by atoms with Crippen molar-refractivity contribution in [2.45, 2.75) is 128 Å². The summed E-state index contributed by atoms with van der Waals surface area (Å²) >= 11 is 0. The van der Waals surface area contributed by atoms with Crippen LogP contribution < -0.4 is 0 Å². The minimum Gasteiger partial charge on any atom is -0.394 e. The van der Waals surface area contributed by atoms with Crippen LogP contribution in [0.15, 0.2) is 0 Å². The lowest BCUT2D eigenvalue weighted by Crippen LogP contribution is -2.59. The zero-order valence-electron chi connectivity index (χ0n) is 17.8. The van der Waals surface area contributed by atoms with E-state index in [1.165, 1.54) is 77.0 Å². The highest BCUT2D eigenvalue weighted by molar-refractivity contribution is 4.89. The Balaban J connectivity index is 1.90. The smallest absolute Gasteiger partial charge is 0.184 e. The SMILES string of the molecule is CCCCCCCCCCCCCCCCO[C@@H]1[C@@H](O)[C@@H](O)[C@@H](CO)O[C@@H]1O. The van der Waals surface area contributed by atoms with E-state index in [9.17, 15) is 15.3 Å². The summed E-state index contributed by atoms with van der Waals surface area (Å²) in [6.07, 6.45) is 12.1. The van der Waals surface area contributed by atoms with Crippen molar-refractivity contribution in [2.75, 3.05) is 13.2 Å². The quantitative estimate of drug-likeness (QED) is 0.278. The molecule has 1 aliphatic rings. The number of ether oxygens (including phenoxy) is 2. The number of aliphatic hydroxyl groups excluding tert-OH is 4. The normalized spacial score (nSPS) is 28.0. The summed E-state index contributed by atoms with van der Waals surface area (Å²) in [4.78, 5) is 0. The van der Waals surface area contributed by atoms with Gasteiger partial charge >= 0.3 is 0 Å². The van der Waals surface area contributed by atoms with Gasteiger partial charge in [0.2, 0.25) is 0 Å². The molecule has 0 aromatic heterocycles. The largest absolute Gasteiger partial charge is 0.394 e. The summed E-state index contributed by atoms with van der Waals surface area (Å²) in [7, 11) is 0. The lowest BCUT2D eigenvalue weighted by molar-refractivity contribution is -0.296. The average molecular weight is 405 g/mol. The molecule has 0 aliphatic carbocycles. The van der Waals surface area contributed by atoms with Gasteiger partial charge in [-0.3, -0.25) is 0 Å². The van der Waals surface area contributed by atoms with E-state index in [2.05, 4.69) is 6.92 Å². The molecule has 4 N–H and O–H groups in total. The fraction of sp³-hybridized carbons (Fsp3) is 1.00. The van der Waals surface area contributed by atoms with Crippen LogP contribution in [-0.2, 0) is 9.47 Å². The van der Waals surface area contributed by atoms with E-state index in [-0.39, 0.29) is 0 Å². The molecule has 168 valence electrons. The summed E-state index contributed by atoms with van der Waals surface area (Å²) in [6.45, 7) is 2.21. The fourth-order valence-corrected chi connectivity index (χ4v) is 3.77. The topological polar surface area (TPSA) is 99.4 Å². The van der Waals surface area contributed by atoms with Crippen LogP contribution in [0.2, 0.25) is 0 Å². The third-order valence-corrected chi connectivity index (χ3v) is 5.65. The summed E-state index contributed by atoms with van der Waals surface area (Å²) in [5, 5.41) is 38.7. The lowest BCUT2D eigenvalue weighted by Gasteiger charge is -2.39. The Labute approximate surface area is 171 Å². The van der Waals surface area contributed by atoms with Crippen LogP contribution in [0.1, 0.15) is 96.8 Å². The van der Waals surface area contributed by atoms with Gasteiger partial charge in [0.1, 0.15) is 24.4 Å².